The van der Waals surface area contributed by atoms with E-state index in [2.05, 4.69) is 4.98 Å². The van der Waals surface area contributed by atoms with Gasteiger partial charge in [0.25, 0.3) is 5.91 Å². The van der Waals surface area contributed by atoms with Crippen LogP contribution in [-0.2, 0) is 4.74 Å². The van der Waals surface area contributed by atoms with Gasteiger partial charge in [0.05, 0.1) is 13.7 Å². The molecule has 0 atom stereocenters. The minimum atomic E-state index is -0.555. The number of aromatic amines is 1. The zero-order chi connectivity index (χ0) is 21.2. The zero-order valence-electron chi connectivity index (χ0n) is 17.6. The molecule has 1 N–H and O–H groups in total. The fourth-order valence-electron chi connectivity index (χ4n) is 3.16. The summed E-state index contributed by atoms with van der Waals surface area (Å²) in [4.78, 5) is 42.6. The minimum Gasteiger partial charge on any atom is -0.464 e. The predicted molar refractivity (Wildman–Crippen MR) is 108 cm³/mol. The lowest BCUT2D eigenvalue weighted by atomic mass is 10.00. The molecule has 0 aliphatic heterocycles. The van der Waals surface area contributed by atoms with Crippen molar-refractivity contribution in [2.75, 3.05) is 13.7 Å². The Morgan fingerprint density at radius 3 is 2.11 bits per heavy atom. The van der Waals surface area contributed by atoms with Gasteiger partial charge in [0, 0.05) is 22.4 Å². The molecule has 0 spiro atoms. The van der Waals surface area contributed by atoms with Crippen LogP contribution in [0.4, 0.5) is 0 Å². The molecule has 1 heterocycles. The maximum absolute atomic E-state index is 13.1. The summed E-state index contributed by atoms with van der Waals surface area (Å²) < 4.78 is 4.76. The number of aryl methyl sites for hydroxylation is 2. The highest BCUT2D eigenvalue weighted by atomic mass is 16.5. The van der Waals surface area contributed by atoms with Crippen LogP contribution in [0.25, 0.3) is 0 Å². The number of carbonyl (C=O) groups excluding carboxylic acids is 3. The van der Waals surface area contributed by atoms with Gasteiger partial charge >= 0.3 is 5.97 Å². The third-order valence-electron chi connectivity index (χ3n) is 4.76. The Morgan fingerprint density at radius 1 is 1.04 bits per heavy atom. The van der Waals surface area contributed by atoms with Crippen LogP contribution in [0.2, 0.25) is 0 Å². The number of esters is 1. The molecule has 6 nitrogen and oxygen atoms in total. The van der Waals surface area contributed by atoms with Crippen molar-refractivity contribution in [2.45, 2.75) is 47.1 Å². The highest BCUT2D eigenvalue weighted by Crippen LogP contribution is 2.23. The van der Waals surface area contributed by atoms with E-state index < -0.39 is 11.5 Å². The molecule has 1 amide bonds. The molecule has 2 aromatic rings. The van der Waals surface area contributed by atoms with Gasteiger partial charge in [-0.3, -0.25) is 9.59 Å². The first-order chi connectivity index (χ1) is 13.0. The van der Waals surface area contributed by atoms with E-state index in [1.165, 1.54) is 7.11 Å². The highest BCUT2D eigenvalue weighted by Gasteiger charge is 2.31. The number of carbonyl (C=O) groups is 3. The standard InChI is InChI=1S/C22H28N2O4/c1-13-8-10-16(11-9-13)20(26)24(22(4,5)6)12-17(25)18-14(2)19(21(27)28-7)23-15(18)3/h8-11,23H,12H2,1-7H3. The molecular formula is C22H28N2O4. The average molecular weight is 384 g/mol. The van der Waals surface area contributed by atoms with Crippen LogP contribution in [0.15, 0.2) is 24.3 Å². The molecule has 2 rings (SSSR count). The third-order valence-corrected chi connectivity index (χ3v) is 4.76. The van der Waals surface area contributed by atoms with E-state index in [1.54, 1.807) is 30.9 Å². The van der Waals surface area contributed by atoms with Gasteiger partial charge in [0.1, 0.15) is 5.69 Å². The van der Waals surface area contributed by atoms with Crippen molar-refractivity contribution >= 4 is 17.7 Å². The first-order valence-electron chi connectivity index (χ1n) is 9.16. The number of aromatic nitrogens is 1. The van der Waals surface area contributed by atoms with Crippen molar-refractivity contribution in [1.29, 1.82) is 0 Å². The largest absolute Gasteiger partial charge is 0.464 e. The number of nitrogens with one attached hydrogen (secondary N) is 1. The summed E-state index contributed by atoms with van der Waals surface area (Å²) in [5.74, 6) is -0.959. The Hall–Kier alpha value is -2.89. The van der Waals surface area contributed by atoms with Gasteiger partial charge in [-0.25, -0.2) is 4.79 Å². The Labute approximate surface area is 165 Å². The van der Waals surface area contributed by atoms with E-state index in [9.17, 15) is 14.4 Å². The molecule has 1 aromatic heterocycles. The molecule has 1 aromatic carbocycles. The normalized spacial score (nSPS) is 11.2. The Kier molecular flexibility index (Phi) is 6.12. The van der Waals surface area contributed by atoms with Gasteiger partial charge in [-0.1, -0.05) is 17.7 Å². The number of methoxy groups -OCH3 is 1. The lowest BCUT2D eigenvalue weighted by molar-refractivity contribution is 0.0546. The van der Waals surface area contributed by atoms with Crippen LogP contribution in [0.3, 0.4) is 0 Å². The van der Waals surface area contributed by atoms with E-state index in [1.807, 2.05) is 39.8 Å². The minimum absolute atomic E-state index is 0.0869. The summed E-state index contributed by atoms with van der Waals surface area (Å²) in [7, 11) is 1.29. The van der Waals surface area contributed by atoms with Crippen LogP contribution in [0.1, 0.15) is 68.8 Å². The van der Waals surface area contributed by atoms with E-state index in [-0.39, 0.29) is 23.9 Å². The van der Waals surface area contributed by atoms with Crippen LogP contribution in [0, 0.1) is 20.8 Å². The first-order valence-corrected chi connectivity index (χ1v) is 9.16. The lowest BCUT2D eigenvalue weighted by Crippen LogP contribution is -2.48. The lowest BCUT2D eigenvalue weighted by Gasteiger charge is -2.35. The molecule has 0 unspecified atom stereocenters. The molecule has 0 saturated heterocycles. The average Bonchev–Trinajstić information content (AvgIpc) is 2.92. The van der Waals surface area contributed by atoms with Gasteiger partial charge in [-0.2, -0.15) is 0 Å². The quantitative estimate of drug-likeness (QED) is 0.627. The monoisotopic (exact) mass is 384 g/mol. The van der Waals surface area contributed by atoms with Crippen molar-refractivity contribution in [1.82, 2.24) is 9.88 Å². The van der Waals surface area contributed by atoms with Crippen LogP contribution in [0.5, 0.6) is 0 Å². The first kappa shape index (κ1) is 21.4. The molecule has 0 saturated carbocycles. The molecule has 0 radical (unpaired) electrons. The topological polar surface area (TPSA) is 79.5 Å². The fourth-order valence-corrected chi connectivity index (χ4v) is 3.16. The summed E-state index contributed by atoms with van der Waals surface area (Å²) in [6.45, 7) is 11.0. The van der Waals surface area contributed by atoms with Gasteiger partial charge in [0.2, 0.25) is 0 Å². The number of nitrogens with zero attached hydrogens (tertiary/aromatic N) is 1. The number of amides is 1. The second-order valence-corrected chi connectivity index (χ2v) is 7.97. The summed E-state index contributed by atoms with van der Waals surface area (Å²) in [6.07, 6.45) is 0. The van der Waals surface area contributed by atoms with E-state index in [0.29, 0.717) is 22.4 Å². The summed E-state index contributed by atoms with van der Waals surface area (Å²) in [6, 6.07) is 7.28. The summed E-state index contributed by atoms with van der Waals surface area (Å²) >= 11 is 0. The van der Waals surface area contributed by atoms with Crippen molar-refractivity contribution in [3.8, 4) is 0 Å². The molecule has 28 heavy (non-hydrogen) atoms. The van der Waals surface area contributed by atoms with Gasteiger partial charge in [0.15, 0.2) is 5.78 Å². The molecule has 0 fully saturated rings. The Bertz CT molecular complexity index is 902. The number of benzene rings is 1. The maximum Gasteiger partial charge on any atom is 0.354 e. The Morgan fingerprint density at radius 2 is 1.61 bits per heavy atom. The van der Waals surface area contributed by atoms with Crippen molar-refractivity contribution < 1.29 is 19.1 Å². The predicted octanol–water partition coefficient (Wildman–Crippen LogP) is 3.85. The number of rotatable bonds is 5. The third kappa shape index (κ3) is 4.32. The molecule has 150 valence electrons. The zero-order valence-corrected chi connectivity index (χ0v) is 17.6. The van der Waals surface area contributed by atoms with Crippen LogP contribution >= 0.6 is 0 Å². The number of Topliss-reactive ketones (excluding diaryl/α,β-unsaturated/α-hetero) is 1. The van der Waals surface area contributed by atoms with Gasteiger partial charge in [-0.15, -0.1) is 0 Å². The van der Waals surface area contributed by atoms with Crippen LogP contribution in [-0.4, -0.2) is 46.7 Å². The Balaban J connectivity index is 2.37. The van der Waals surface area contributed by atoms with E-state index in [4.69, 9.17) is 4.74 Å². The van der Waals surface area contributed by atoms with E-state index >= 15 is 0 Å². The maximum atomic E-state index is 13.1. The van der Waals surface area contributed by atoms with Gasteiger partial charge in [-0.05, 0) is 59.2 Å². The summed E-state index contributed by atoms with van der Waals surface area (Å²) in [5, 5.41) is 0. The van der Waals surface area contributed by atoms with Crippen molar-refractivity contribution in [3.05, 3.63) is 57.9 Å². The fraction of sp³-hybridized carbons (Fsp3) is 0.409. The van der Waals surface area contributed by atoms with Gasteiger partial charge < -0.3 is 14.6 Å². The molecule has 0 aliphatic carbocycles. The van der Waals surface area contributed by atoms with Crippen molar-refractivity contribution in [2.24, 2.45) is 0 Å². The number of ketones is 1. The molecular weight excluding hydrogens is 356 g/mol. The molecule has 0 aliphatic rings. The number of hydrogen-bond donors (Lipinski definition) is 1. The number of hydrogen-bond acceptors (Lipinski definition) is 4. The van der Waals surface area contributed by atoms with Crippen LogP contribution < -0.4 is 0 Å². The number of ether oxygens (including phenoxy) is 1. The van der Waals surface area contributed by atoms with E-state index in [0.717, 1.165) is 5.56 Å². The smallest absolute Gasteiger partial charge is 0.354 e. The SMILES string of the molecule is COC(=O)c1[nH]c(C)c(C(=O)CN(C(=O)c2ccc(C)cc2)C(C)(C)C)c1C. The molecule has 0 bridgehead atoms. The second kappa shape index (κ2) is 8.00. The second-order valence-electron chi connectivity index (χ2n) is 7.97. The van der Waals surface area contributed by atoms with Crippen molar-refractivity contribution in [3.63, 3.8) is 0 Å². The summed E-state index contributed by atoms with van der Waals surface area (Å²) in [5.41, 5.74) is 2.84. The highest BCUT2D eigenvalue weighted by molar-refractivity contribution is 6.06. The number of H-pyrrole nitrogens is 1. The molecule has 6 heteroatoms.